The van der Waals surface area contributed by atoms with E-state index in [1.807, 2.05) is 6.07 Å². The zero-order chi connectivity index (χ0) is 14.6. The van der Waals surface area contributed by atoms with Gasteiger partial charge in [0.2, 0.25) is 5.75 Å². The van der Waals surface area contributed by atoms with Crippen LogP contribution in [0.25, 0.3) is 11.0 Å². The van der Waals surface area contributed by atoms with Gasteiger partial charge in [0.25, 0.3) is 10.1 Å². The average molecular weight is 298 g/mol. The van der Waals surface area contributed by atoms with Gasteiger partial charge < -0.3 is 9.15 Å². The highest BCUT2D eigenvalue weighted by Crippen LogP contribution is 2.16. The smallest absolute Gasteiger partial charge is 0.379 e. The number of hydrogen-bond donors (Lipinski definition) is 0. The van der Waals surface area contributed by atoms with Crippen LogP contribution in [0.3, 0.4) is 0 Å². The summed E-state index contributed by atoms with van der Waals surface area (Å²) >= 11 is 0. The third-order valence-corrected chi connectivity index (χ3v) is 3.05. The Hall–Kier alpha value is -1.86. The molecule has 2 rings (SSSR count). The van der Waals surface area contributed by atoms with Gasteiger partial charge >= 0.3 is 5.63 Å². The van der Waals surface area contributed by atoms with Crippen molar-refractivity contribution in [2.45, 2.75) is 6.42 Å². The van der Waals surface area contributed by atoms with E-state index in [4.69, 9.17) is 9.15 Å². The fourth-order valence-corrected chi connectivity index (χ4v) is 2.02. The predicted molar refractivity (Wildman–Crippen MR) is 73.4 cm³/mol. The molecule has 20 heavy (non-hydrogen) atoms. The summed E-state index contributed by atoms with van der Waals surface area (Å²) in [6.07, 6.45) is 1.32. The fourth-order valence-electron chi connectivity index (χ4n) is 1.59. The maximum atomic E-state index is 11.6. The first-order valence-corrected chi connectivity index (χ1v) is 7.77. The number of rotatable bonds is 6. The summed E-state index contributed by atoms with van der Waals surface area (Å²) in [5.74, 6) is 0.100. The van der Waals surface area contributed by atoms with E-state index in [0.29, 0.717) is 12.0 Å². The molecular formula is C13H14O6S. The molecule has 0 fully saturated rings. The molecule has 0 aliphatic rings. The molecule has 0 atom stereocenters. The number of ether oxygens (including phenoxy) is 1. The highest BCUT2D eigenvalue weighted by Gasteiger charge is 2.06. The largest absolute Gasteiger partial charge is 0.486 e. The monoisotopic (exact) mass is 298 g/mol. The lowest BCUT2D eigenvalue weighted by Gasteiger charge is -2.05. The van der Waals surface area contributed by atoms with E-state index >= 15 is 0 Å². The Morgan fingerprint density at radius 1 is 1.20 bits per heavy atom. The van der Waals surface area contributed by atoms with Crippen LogP contribution in [0.2, 0.25) is 0 Å². The van der Waals surface area contributed by atoms with Crippen molar-refractivity contribution in [3.05, 3.63) is 40.8 Å². The maximum Gasteiger partial charge on any atom is 0.379 e. The van der Waals surface area contributed by atoms with Crippen LogP contribution in [0.4, 0.5) is 0 Å². The van der Waals surface area contributed by atoms with Crippen molar-refractivity contribution in [3.8, 4) is 5.75 Å². The van der Waals surface area contributed by atoms with Crippen molar-refractivity contribution in [2.24, 2.45) is 0 Å². The molecule has 1 aromatic heterocycles. The molecule has 0 aliphatic carbocycles. The van der Waals surface area contributed by atoms with Crippen molar-refractivity contribution in [1.29, 1.82) is 0 Å². The van der Waals surface area contributed by atoms with Crippen molar-refractivity contribution < 1.29 is 21.8 Å². The molecule has 0 bridgehead atoms. The van der Waals surface area contributed by atoms with E-state index in [1.54, 1.807) is 24.3 Å². The van der Waals surface area contributed by atoms with E-state index in [0.717, 1.165) is 11.6 Å². The van der Waals surface area contributed by atoms with E-state index in [2.05, 4.69) is 4.18 Å². The van der Waals surface area contributed by atoms with E-state index in [1.165, 1.54) is 0 Å². The van der Waals surface area contributed by atoms with Gasteiger partial charge in [-0.3, -0.25) is 4.18 Å². The Kier molecular flexibility index (Phi) is 4.41. The van der Waals surface area contributed by atoms with Crippen LogP contribution in [0, 0.1) is 0 Å². The standard InChI is InChI=1S/C13H14O6S/c1-20(15,16)18-8-4-7-17-12-9-10-5-2-3-6-11(10)19-13(12)14/h2-3,5-6,9H,4,7-8H2,1H3. The minimum Gasteiger partial charge on any atom is -0.486 e. The molecule has 1 heterocycles. The fraction of sp³-hybridized carbons (Fsp3) is 0.308. The van der Waals surface area contributed by atoms with Crippen molar-refractivity contribution >= 4 is 21.1 Å². The number of fused-ring (bicyclic) bond motifs is 1. The highest BCUT2D eigenvalue weighted by atomic mass is 32.2. The zero-order valence-corrected chi connectivity index (χ0v) is 11.7. The van der Waals surface area contributed by atoms with Gasteiger partial charge in [0.1, 0.15) is 5.58 Å². The molecule has 0 spiro atoms. The van der Waals surface area contributed by atoms with Crippen LogP contribution < -0.4 is 10.4 Å². The summed E-state index contributed by atoms with van der Waals surface area (Å²) in [5.41, 5.74) is -0.0713. The SMILES string of the molecule is CS(=O)(=O)OCCCOc1cc2ccccc2oc1=O. The van der Waals surface area contributed by atoms with Gasteiger partial charge in [-0.15, -0.1) is 0 Å². The first-order valence-electron chi connectivity index (χ1n) is 5.96. The molecule has 6 nitrogen and oxygen atoms in total. The summed E-state index contributed by atoms with van der Waals surface area (Å²) in [5, 5.41) is 0.759. The van der Waals surface area contributed by atoms with Crippen LogP contribution in [-0.2, 0) is 14.3 Å². The Balaban J connectivity index is 1.96. The molecule has 2 aromatic rings. The molecule has 7 heteroatoms. The molecule has 0 radical (unpaired) electrons. The number of benzene rings is 1. The Bertz CT molecular complexity index is 747. The highest BCUT2D eigenvalue weighted by molar-refractivity contribution is 7.85. The van der Waals surface area contributed by atoms with Gasteiger partial charge in [0.15, 0.2) is 0 Å². The van der Waals surface area contributed by atoms with Crippen molar-refractivity contribution in [3.63, 3.8) is 0 Å². The van der Waals surface area contributed by atoms with E-state index in [-0.39, 0.29) is 19.0 Å². The second-order valence-corrected chi connectivity index (χ2v) is 5.81. The minimum atomic E-state index is -3.44. The summed E-state index contributed by atoms with van der Waals surface area (Å²) in [6.45, 7) is 0.177. The topological polar surface area (TPSA) is 82.8 Å². The van der Waals surface area contributed by atoms with Gasteiger partial charge in [-0.1, -0.05) is 18.2 Å². The Labute approximate surface area is 116 Å². The minimum absolute atomic E-state index is 0.0117. The lowest BCUT2D eigenvalue weighted by Crippen LogP contribution is -2.11. The van der Waals surface area contributed by atoms with Crippen LogP contribution in [0.1, 0.15) is 6.42 Å². The van der Waals surface area contributed by atoms with E-state index < -0.39 is 15.7 Å². The third-order valence-electron chi connectivity index (χ3n) is 2.45. The second-order valence-electron chi connectivity index (χ2n) is 4.16. The lowest BCUT2D eigenvalue weighted by atomic mass is 10.2. The molecule has 0 unspecified atom stereocenters. The van der Waals surface area contributed by atoms with Gasteiger partial charge in [-0.2, -0.15) is 8.42 Å². The molecular weight excluding hydrogens is 284 g/mol. The maximum absolute atomic E-state index is 11.6. The lowest BCUT2D eigenvalue weighted by molar-refractivity contribution is 0.246. The summed E-state index contributed by atoms with van der Waals surface area (Å²) < 4.78 is 36.4. The Morgan fingerprint density at radius 2 is 1.95 bits per heavy atom. The normalized spacial score (nSPS) is 11.7. The molecule has 108 valence electrons. The summed E-state index contributed by atoms with van der Waals surface area (Å²) in [6, 6.07) is 8.69. The molecule has 0 saturated carbocycles. The first-order chi connectivity index (χ1) is 9.46. The zero-order valence-electron chi connectivity index (χ0n) is 10.9. The molecule has 0 saturated heterocycles. The van der Waals surface area contributed by atoms with Gasteiger partial charge in [-0.05, 0) is 12.1 Å². The van der Waals surface area contributed by atoms with Gasteiger partial charge in [0.05, 0.1) is 19.5 Å². The van der Waals surface area contributed by atoms with Crippen molar-refractivity contribution in [2.75, 3.05) is 19.5 Å². The van der Waals surface area contributed by atoms with Gasteiger partial charge in [0, 0.05) is 11.8 Å². The van der Waals surface area contributed by atoms with Crippen LogP contribution in [0.5, 0.6) is 5.75 Å². The molecule has 0 aliphatic heterocycles. The Morgan fingerprint density at radius 3 is 2.70 bits per heavy atom. The van der Waals surface area contributed by atoms with Crippen LogP contribution in [0.15, 0.2) is 39.5 Å². The molecule has 0 amide bonds. The molecule has 0 N–H and O–H groups in total. The first kappa shape index (κ1) is 14.5. The average Bonchev–Trinajstić information content (AvgIpc) is 2.37. The van der Waals surface area contributed by atoms with Crippen molar-refractivity contribution in [1.82, 2.24) is 0 Å². The van der Waals surface area contributed by atoms with Crippen LogP contribution in [-0.4, -0.2) is 27.9 Å². The number of hydrogen-bond acceptors (Lipinski definition) is 6. The summed E-state index contributed by atoms with van der Waals surface area (Å²) in [4.78, 5) is 11.6. The second kappa shape index (κ2) is 6.06. The van der Waals surface area contributed by atoms with Gasteiger partial charge in [-0.25, -0.2) is 4.79 Å². The van der Waals surface area contributed by atoms with E-state index in [9.17, 15) is 13.2 Å². The predicted octanol–water partition coefficient (Wildman–Crippen LogP) is 1.54. The number of para-hydroxylation sites is 1. The molecule has 1 aromatic carbocycles. The van der Waals surface area contributed by atoms with Crippen LogP contribution >= 0.6 is 0 Å². The third kappa shape index (κ3) is 4.07. The summed E-state index contributed by atoms with van der Waals surface area (Å²) in [7, 11) is -3.44. The quantitative estimate of drug-likeness (QED) is 0.457.